The minimum absolute atomic E-state index is 0.0122. The molecule has 0 bridgehead atoms. The number of ketones is 4. The van der Waals surface area contributed by atoms with Crippen LogP contribution in [0.25, 0.3) is 0 Å². The van der Waals surface area contributed by atoms with Crippen LogP contribution in [0.4, 0.5) is 0 Å². The number of Topliss-reactive ketones (excluding diaryl/α,β-unsaturated/α-hetero) is 4. The zero-order valence-corrected chi connectivity index (χ0v) is 44.2. The molecule has 75 heavy (non-hydrogen) atoms. The van der Waals surface area contributed by atoms with E-state index < -0.39 is 132 Å². The molecular weight excluding hydrogens is 989 g/mol. The second kappa shape index (κ2) is 31.7. The lowest BCUT2D eigenvalue weighted by molar-refractivity contribution is -0.137. The van der Waals surface area contributed by atoms with E-state index in [1.54, 1.807) is 26.0 Å². The highest BCUT2D eigenvalue weighted by Gasteiger charge is 2.37. The van der Waals surface area contributed by atoms with Crippen LogP contribution in [-0.2, 0) is 62.4 Å². The van der Waals surface area contributed by atoms with Gasteiger partial charge in [0, 0.05) is 86.6 Å². The van der Waals surface area contributed by atoms with Crippen molar-refractivity contribution < 1.29 is 53.4 Å². The number of hydrogen-bond donors (Lipinski definition) is 11. The molecule has 0 fully saturated rings. The van der Waals surface area contributed by atoms with Crippen molar-refractivity contribution in [1.82, 2.24) is 35.9 Å². The van der Waals surface area contributed by atoms with Gasteiger partial charge in [0.15, 0.2) is 23.3 Å². The van der Waals surface area contributed by atoms with Gasteiger partial charge in [0.2, 0.25) is 29.5 Å². The predicted molar refractivity (Wildman–Crippen MR) is 281 cm³/mol. The lowest BCUT2D eigenvalue weighted by Gasteiger charge is -2.28. The largest absolute Gasteiger partial charge is 0.508 e. The fourth-order valence-corrected chi connectivity index (χ4v) is 8.83. The van der Waals surface area contributed by atoms with Crippen molar-refractivity contribution in [2.75, 3.05) is 18.6 Å². The molecule has 0 unspecified atom stereocenters. The number of thioether (sulfide) groups is 1. The highest BCUT2D eigenvalue weighted by molar-refractivity contribution is 7.98. The Morgan fingerprint density at radius 3 is 1.72 bits per heavy atom. The van der Waals surface area contributed by atoms with E-state index in [1.165, 1.54) is 62.8 Å². The SMILES string of the molecule is CC[C@H](C)[C@H](NC(=O)[C@@H](CC(=O)[C@H](CC(N)=O)NC(=O)[C@H](CCCN=C(N)N)CC(=O)[C@@H](C)[C@@H](C)O)Cc1ccc(O)cc1)C(=O)C[C@@H](Cc1cnc[nH]1)C(=O)N[C@@H](CCSC)C(=O)C[C@@H](Cc1cnc[nH]1)C(N)=O. The van der Waals surface area contributed by atoms with Crippen LogP contribution in [0.15, 0.2) is 54.3 Å². The van der Waals surface area contributed by atoms with Gasteiger partial charge in [-0.25, -0.2) is 9.97 Å². The van der Waals surface area contributed by atoms with Crippen LogP contribution in [-0.4, -0.2) is 132 Å². The summed E-state index contributed by atoms with van der Waals surface area (Å²) in [5.74, 6) is -11.3. The third kappa shape index (κ3) is 21.8. The number of nitrogens with one attached hydrogen (secondary N) is 5. The molecule has 0 saturated carbocycles. The number of phenols is 1. The summed E-state index contributed by atoms with van der Waals surface area (Å²) in [6.45, 7) is 6.62. The van der Waals surface area contributed by atoms with Gasteiger partial charge in [0.25, 0.3) is 0 Å². The van der Waals surface area contributed by atoms with Crippen molar-refractivity contribution in [2.24, 2.45) is 63.4 Å². The van der Waals surface area contributed by atoms with Gasteiger partial charge in [-0.2, -0.15) is 11.8 Å². The highest BCUT2D eigenvalue weighted by Crippen LogP contribution is 2.24. The van der Waals surface area contributed by atoms with E-state index in [-0.39, 0.29) is 69.6 Å². The van der Waals surface area contributed by atoms with Crippen LogP contribution in [0, 0.1) is 35.5 Å². The summed E-state index contributed by atoms with van der Waals surface area (Å²) < 4.78 is 0. The number of rotatable bonds is 37. The van der Waals surface area contributed by atoms with E-state index in [1.807, 2.05) is 6.26 Å². The van der Waals surface area contributed by atoms with Gasteiger partial charge in [0.05, 0.1) is 55.1 Å². The van der Waals surface area contributed by atoms with E-state index in [0.717, 1.165) is 0 Å². The van der Waals surface area contributed by atoms with Gasteiger partial charge >= 0.3 is 0 Å². The van der Waals surface area contributed by atoms with Crippen molar-refractivity contribution in [1.29, 1.82) is 0 Å². The standard InChI is InChI=1S/C51H76N12O11S/c1-6-28(2)46(44(69)22-35(18-37-25-57-27-60-37)49(73)61-39(13-15-75-5)42(67)20-33(47(53)71)17-36-24-56-26-59-36)63-50(74)34(16-31-9-11-38(65)12-10-31)21-43(68)40(23-45(52)70)62-48(72)32(8-7-14-58-51(54)55)19-41(66)29(3)30(4)64/h9-12,24-30,32-35,39-40,46,64-65H,6-8,13-23H2,1-5H3,(H2,52,70)(H2,53,71)(H,56,59)(H,57,60)(H,61,73)(H,62,72)(H,63,74)(H4,54,55,58)/t28-,29-,30+,32+,33+,34+,35+,39-,40-,46-/m0/s1. The monoisotopic (exact) mass is 1060 g/mol. The fourth-order valence-electron chi connectivity index (χ4n) is 8.36. The number of aliphatic hydroxyl groups is 1. The molecular formula is C51H76N12O11S. The Hall–Kier alpha value is -6.95. The van der Waals surface area contributed by atoms with Crippen molar-refractivity contribution in [3.05, 3.63) is 66.3 Å². The van der Waals surface area contributed by atoms with E-state index >= 15 is 0 Å². The van der Waals surface area contributed by atoms with Crippen LogP contribution in [0.3, 0.4) is 0 Å². The molecule has 10 atom stereocenters. The number of benzene rings is 1. The molecule has 2 heterocycles. The summed E-state index contributed by atoms with van der Waals surface area (Å²) in [5.41, 5.74) is 23.8. The number of hydrogen-bond acceptors (Lipinski definition) is 15. The Balaban J connectivity index is 1.95. The molecule has 23 nitrogen and oxygen atoms in total. The zero-order valence-electron chi connectivity index (χ0n) is 43.4. The summed E-state index contributed by atoms with van der Waals surface area (Å²) in [6.07, 6.45) is 5.40. The van der Waals surface area contributed by atoms with Gasteiger partial charge in [0.1, 0.15) is 11.5 Å². The third-order valence-corrected chi connectivity index (χ3v) is 13.9. The Labute approximate surface area is 441 Å². The maximum atomic E-state index is 14.6. The first-order chi connectivity index (χ1) is 35.5. The average molecular weight is 1070 g/mol. The number of phenolic OH excluding ortho intramolecular Hbond substituents is 1. The van der Waals surface area contributed by atoms with Gasteiger partial charge in [-0.05, 0) is 68.2 Å². The lowest BCUT2D eigenvalue weighted by Crippen LogP contribution is -2.51. The topological polar surface area (TPSA) is 404 Å². The summed E-state index contributed by atoms with van der Waals surface area (Å²) in [7, 11) is 0. The normalized spacial score (nSPS) is 15.3. The number of H-pyrrole nitrogens is 2. The van der Waals surface area contributed by atoms with Gasteiger partial charge in [-0.15, -0.1) is 0 Å². The van der Waals surface area contributed by atoms with Crippen LogP contribution in [0.1, 0.15) is 102 Å². The van der Waals surface area contributed by atoms with Crippen LogP contribution < -0.4 is 38.9 Å². The first-order valence-corrected chi connectivity index (χ1v) is 26.5. The number of guanidine groups is 1. The molecule has 24 heteroatoms. The minimum atomic E-state index is -1.55. The maximum Gasteiger partial charge on any atom is 0.224 e. The molecule has 0 aliphatic rings. The molecule has 3 rings (SSSR count). The van der Waals surface area contributed by atoms with E-state index in [2.05, 4.69) is 40.9 Å². The number of aromatic nitrogens is 4. The number of aliphatic imine (C=N–C) groups is 1. The Morgan fingerprint density at radius 2 is 1.19 bits per heavy atom. The van der Waals surface area contributed by atoms with E-state index in [9.17, 15) is 53.4 Å². The number of aromatic hydroxyl groups is 1. The molecule has 0 saturated heterocycles. The predicted octanol–water partition coefficient (Wildman–Crippen LogP) is 0.853. The number of imidazole rings is 2. The molecule has 0 aliphatic carbocycles. The van der Waals surface area contributed by atoms with Gasteiger partial charge in [-0.1, -0.05) is 39.3 Å². The Morgan fingerprint density at radius 1 is 0.667 bits per heavy atom. The number of nitrogens with two attached hydrogens (primary N) is 4. The fraction of sp³-hybridized carbons (Fsp3) is 0.569. The maximum absolute atomic E-state index is 14.6. The number of nitrogens with zero attached hydrogens (tertiary/aromatic N) is 3. The number of carbonyl (C=O) groups is 9. The highest BCUT2D eigenvalue weighted by atomic mass is 32.2. The minimum Gasteiger partial charge on any atom is -0.508 e. The van der Waals surface area contributed by atoms with Crippen molar-refractivity contribution in [3.8, 4) is 5.75 Å². The number of amides is 5. The van der Waals surface area contributed by atoms with Crippen LogP contribution >= 0.6 is 11.8 Å². The van der Waals surface area contributed by atoms with Crippen molar-refractivity contribution >= 4 is 70.4 Å². The van der Waals surface area contributed by atoms with Crippen LogP contribution in [0.5, 0.6) is 5.75 Å². The average Bonchev–Trinajstić information content (AvgIpc) is 4.09. The van der Waals surface area contributed by atoms with E-state index in [4.69, 9.17) is 22.9 Å². The number of carbonyl (C=O) groups excluding carboxylic acids is 9. The molecule has 1 aromatic carbocycles. The molecule has 412 valence electrons. The van der Waals surface area contributed by atoms with Crippen molar-refractivity contribution in [2.45, 2.75) is 129 Å². The number of aliphatic hydroxyl groups excluding tert-OH is 1. The molecule has 0 aliphatic heterocycles. The zero-order chi connectivity index (χ0) is 55.8. The summed E-state index contributed by atoms with van der Waals surface area (Å²) in [4.78, 5) is 142. The first-order valence-electron chi connectivity index (χ1n) is 25.1. The lowest BCUT2D eigenvalue weighted by atomic mass is 9.86. The molecule has 0 spiro atoms. The molecule has 3 aromatic rings. The second-order valence-electron chi connectivity index (χ2n) is 19.2. The first kappa shape index (κ1) is 62.3. The van der Waals surface area contributed by atoms with Crippen molar-refractivity contribution in [3.63, 3.8) is 0 Å². The molecule has 2 aromatic heterocycles. The smallest absolute Gasteiger partial charge is 0.224 e. The summed E-state index contributed by atoms with van der Waals surface area (Å²) >= 11 is 1.45. The summed E-state index contributed by atoms with van der Waals surface area (Å²) in [6, 6.07) is 2.08. The Kier molecular flexibility index (Phi) is 26.4. The van der Waals surface area contributed by atoms with E-state index in [0.29, 0.717) is 29.1 Å². The molecule has 0 radical (unpaired) electrons. The number of aromatic amines is 2. The molecule has 5 amide bonds. The van der Waals surface area contributed by atoms with Gasteiger partial charge < -0.3 is 59.1 Å². The summed E-state index contributed by atoms with van der Waals surface area (Å²) in [5, 5.41) is 28.4. The van der Waals surface area contributed by atoms with Crippen LogP contribution in [0.2, 0.25) is 0 Å². The van der Waals surface area contributed by atoms with Gasteiger partial charge in [-0.3, -0.25) is 48.1 Å². The Bertz CT molecular complexity index is 2380. The third-order valence-electron chi connectivity index (χ3n) is 13.3. The second-order valence-corrected chi connectivity index (χ2v) is 20.2. The number of primary amides is 2. The molecule has 15 N–H and O–H groups in total. The quantitative estimate of drug-likeness (QED) is 0.0217.